The maximum absolute atomic E-state index is 11.7. The van der Waals surface area contributed by atoms with Crippen LogP contribution in [0.5, 0.6) is 0 Å². The van der Waals surface area contributed by atoms with E-state index in [1.165, 1.54) is 18.2 Å². The molecule has 0 heterocycles. The van der Waals surface area contributed by atoms with E-state index < -0.39 is 10.1 Å². The molecule has 12 heteroatoms. The number of benzene rings is 4. The van der Waals surface area contributed by atoms with E-state index in [0.29, 0.717) is 46.6 Å². The average Bonchev–Trinajstić information content (AvgIpc) is 2.91. The van der Waals surface area contributed by atoms with E-state index >= 15 is 0 Å². The first-order chi connectivity index (χ1) is 18.3. The summed E-state index contributed by atoms with van der Waals surface area (Å²) in [6, 6.07) is 22.0. The first kappa shape index (κ1) is 30.5. The third-order valence-corrected chi connectivity index (χ3v) is 6.67. The van der Waals surface area contributed by atoms with E-state index in [2.05, 4.69) is 20.5 Å². The van der Waals surface area contributed by atoms with Gasteiger partial charge in [0.05, 0.1) is 40.9 Å². The zero-order valence-corrected chi connectivity index (χ0v) is 24.4. The number of hydrogen-bond acceptors (Lipinski definition) is 10. The van der Waals surface area contributed by atoms with Crippen LogP contribution >= 0.6 is 0 Å². The van der Waals surface area contributed by atoms with Crippen molar-refractivity contribution in [3.05, 3.63) is 84.4 Å². The largest absolute Gasteiger partial charge is 1.00 e. The van der Waals surface area contributed by atoms with Gasteiger partial charge in [-0.05, 0) is 67.1 Å². The molecule has 4 aromatic carbocycles. The fourth-order valence-corrected chi connectivity index (χ4v) is 4.36. The Kier molecular flexibility index (Phi) is 10.8. The third kappa shape index (κ3) is 7.76. The number of hydrogen-bond donors (Lipinski definition) is 2. The van der Waals surface area contributed by atoms with Crippen LogP contribution in [0.25, 0.3) is 10.8 Å². The summed E-state index contributed by atoms with van der Waals surface area (Å²) in [5, 5.41) is 36.7. The molecule has 0 saturated heterocycles. The minimum absolute atomic E-state index is 0. The van der Waals surface area contributed by atoms with Crippen LogP contribution < -0.4 is 34.5 Å². The number of aliphatic hydroxyl groups is 2. The molecule has 0 amide bonds. The normalized spacial score (nSPS) is 11.8. The molecule has 0 spiro atoms. The Morgan fingerprint density at radius 2 is 1.33 bits per heavy atom. The number of aliphatic hydroxyl groups excluding tert-OH is 2. The summed E-state index contributed by atoms with van der Waals surface area (Å²) < 4.78 is 35.0. The van der Waals surface area contributed by atoms with Gasteiger partial charge in [-0.2, -0.15) is 10.2 Å². The van der Waals surface area contributed by atoms with Gasteiger partial charge >= 0.3 is 29.6 Å². The van der Waals surface area contributed by atoms with Crippen molar-refractivity contribution in [1.82, 2.24) is 0 Å². The summed E-state index contributed by atoms with van der Waals surface area (Å²) in [4.78, 5) is 1.47. The molecule has 0 saturated carbocycles. The summed E-state index contributed by atoms with van der Waals surface area (Å²) in [6.07, 6.45) is 0. The molecule has 0 radical (unpaired) electrons. The zero-order valence-electron chi connectivity index (χ0n) is 21.6. The third-order valence-electron chi connectivity index (χ3n) is 5.84. The second kappa shape index (κ2) is 13.9. The van der Waals surface area contributed by atoms with Crippen molar-refractivity contribution >= 4 is 49.3 Å². The molecule has 0 aliphatic carbocycles. The van der Waals surface area contributed by atoms with Crippen LogP contribution in [0.15, 0.2) is 104 Å². The number of azo groups is 2. The van der Waals surface area contributed by atoms with Gasteiger partial charge in [0.15, 0.2) is 0 Å². The molecular weight excluding hydrogens is 529 g/mol. The average molecular weight is 556 g/mol. The molecule has 0 bridgehead atoms. The standard InChI is InChI=1S/C27H27N5O5S.Na/c1-19-4-2-3-5-25(19)29-31-27-13-12-26(23-11-10-22(18-24(23)27)38(35,36)37)30-28-20-6-8-21(9-7-20)32(14-16-33)15-17-34;/h2-13,18,33-34H,14-17H2,1H3,(H,35,36,37);/q;+1/p-1. The van der Waals surface area contributed by atoms with Crippen molar-refractivity contribution < 1.29 is 52.7 Å². The molecule has 0 aliphatic heterocycles. The first-order valence-electron chi connectivity index (χ1n) is 11.8. The Labute approximate surface area is 248 Å². The van der Waals surface area contributed by atoms with Gasteiger partial charge in [-0.25, -0.2) is 8.42 Å². The minimum atomic E-state index is -4.68. The minimum Gasteiger partial charge on any atom is -0.744 e. The Bertz CT molecular complexity index is 1590. The predicted molar refractivity (Wildman–Crippen MR) is 144 cm³/mol. The number of aryl methyl sites for hydroxylation is 1. The van der Waals surface area contributed by atoms with Gasteiger partial charge in [0.1, 0.15) is 10.1 Å². The van der Waals surface area contributed by atoms with Gasteiger partial charge in [-0.3, -0.25) is 0 Å². The van der Waals surface area contributed by atoms with Crippen molar-refractivity contribution in [1.29, 1.82) is 0 Å². The van der Waals surface area contributed by atoms with Crippen molar-refractivity contribution in [2.24, 2.45) is 20.5 Å². The van der Waals surface area contributed by atoms with Crippen molar-refractivity contribution in [2.45, 2.75) is 11.8 Å². The summed E-state index contributed by atoms with van der Waals surface area (Å²) in [6.45, 7) is 2.61. The molecule has 0 aliphatic rings. The van der Waals surface area contributed by atoms with Gasteiger partial charge in [0.25, 0.3) is 0 Å². The van der Waals surface area contributed by atoms with Crippen molar-refractivity contribution in [3.8, 4) is 0 Å². The van der Waals surface area contributed by atoms with E-state index in [1.807, 2.05) is 48.2 Å². The Balaban J connectivity index is 0.00000420. The van der Waals surface area contributed by atoms with E-state index in [-0.39, 0.29) is 47.7 Å². The molecule has 10 nitrogen and oxygen atoms in total. The summed E-state index contributed by atoms with van der Waals surface area (Å²) in [5.41, 5.74) is 3.82. The maximum Gasteiger partial charge on any atom is 1.00 e. The fourth-order valence-electron chi connectivity index (χ4n) is 3.86. The number of anilines is 1. The maximum atomic E-state index is 11.7. The number of nitrogens with zero attached hydrogens (tertiary/aromatic N) is 5. The number of rotatable bonds is 10. The van der Waals surface area contributed by atoms with Gasteiger partial charge < -0.3 is 19.7 Å². The number of fused-ring (bicyclic) bond motifs is 1. The summed E-state index contributed by atoms with van der Waals surface area (Å²) in [7, 11) is -4.68. The van der Waals surface area contributed by atoms with Crippen molar-refractivity contribution in [2.75, 3.05) is 31.2 Å². The van der Waals surface area contributed by atoms with Crippen LogP contribution in [0.2, 0.25) is 0 Å². The van der Waals surface area contributed by atoms with Crippen LogP contribution in [0.4, 0.5) is 28.4 Å². The van der Waals surface area contributed by atoms with E-state index in [9.17, 15) is 23.2 Å². The van der Waals surface area contributed by atoms with Gasteiger partial charge in [0.2, 0.25) is 0 Å². The van der Waals surface area contributed by atoms with Crippen LogP contribution in [-0.2, 0) is 10.1 Å². The van der Waals surface area contributed by atoms with E-state index in [1.54, 1.807) is 24.3 Å². The summed E-state index contributed by atoms with van der Waals surface area (Å²) >= 11 is 0. The van der Waals surface area contributed by atoms with Crippen LogP contribution in [0.1, 0.15) is 5.56 Å². The Morgan fingerprint density at radius 1 is 0.744 bits per heavy atom. The zero-order chi connectivity index (χ0) is 27.1. The molecule has 0 fully saturated rings. The van der Waals surface area contributed by atoms with E-state index in [0.717, 1.165) is 11.3 Å². The SMILES string of the molecule is Cc1ccccc1N=Nc1ccc(N=Nc2ccc(N(CCO)CCO)cc2)c2ccc(S(=O)(=O)[O-])cc12.[Na+]. The van der Waals surface area contributed by atoms with Gasteiger partial charge in [-0.15, -0.1) is 10.2 Å². The van der Waals surface area contributed by atoms with Crippen LogP contribution in [-0.4, -0.2) is 49.5 Å². The summed E-state index contributed by atoms with van der Waals surface area (Å²) in [5.74, 6) is 0. The quantitative estimate of drug-likeness (QED) is 0.174. The van der Waals surface area contributed by atoms with Crippen molar-refractivity contribution in [3.63, 3.8) is 0 Å². The topological polar surface area (TPSA) is 150 Å². The first-order valence-corrected chi connectivity index (χ1v) is 13.2. The second-order valence-electron chi connectivity index (χ2n) is 8.40. The Hall–Kier alpha value is -3.03. The monoisotopic (exact) mass is 555 g/mol. The molecule has 4 rings (SSSR count). The van der Waals surface area contributed by atoms with Gasteiger partial charge in [0, 0.05) is 29.5 Å². The second-order valence-corrected chi connectivity index (χ2v) is 9.78. The van der Waals surface area contributed by atoms with Crippen LogP contribution in [0.3, 0.4) is 0 Å². The smallest absolute Gasteiger partial charge is 0.744 e. The van der Waals surface area contributed by atoms with Gasteiger partial charge in [-0.1, -0.05) is 24.3 Å². The molecule has 2 N–H and O–H groups in total. The van der Waals surface area contributed by atoms with Crippen LogP contribution in [0, 0.1) is 6.92 Å². The Morgan fingerprint density at radius 3 is 1.95 bits per heavy atom. The molecular formula is C27H26N5NaO5S. The molecule has 0 aromatic heterocycles. The van der Waals surface area contributed by atoms with E-state index in [4.69, 9.17) is 0 Å². The molecule has 0 unspecified atom stereocenters. The molecule has 39 heavy (non-hydrogen) atoms. The molecule has 4 aromatic rings. The molecule has 0 atom stereocenters. The fraction of sp³-hybridized carbons (Fsp3) is 0.185. The predicted octanol–water partition coefficient (Wildman–Crippen LogP) is 2.68. The molecule has 196 valence electrons.